The van der Waals surface area contributed by atoms with E-state index < -0.39 is 0 Å². The standard InChI is InChI=1S/C23H38N6O/c1-3-25-23(29-11-7-8-20(18-29)16-22(24)30)26-17-19(2)27-12-14-28(15-13-27)21-9-5-4-6-10-21/h4-6,9-10,19-20H,3,7-8,11-18H2,1-2H3,(H2,24,30)(H,25,26). The van der Waals surface area contributed by atoms with Gasteiger partial charge in [0.1, 0.15) is 0 Å². The number of nitrogens with two attached hydrogens (primary N) is 1. The van der Waals surface area contributed by atoms with Gasteiger partial charge < -0.3 is 20.9 Å². The minimum Gasteiger partial charge on any atom is -0.370 e. The van der Waals surface area contributed by atoms with Crippen molar-refractivity contribution in [2.45, 2.75) is 39.2 Å². The molecular formula is C23H38N6O. The smallest absolute Gasteiger partial charge is 0.217 e. The largest absolute Gasteiger partial charge is 0.370 e. The third-order valence-electron chi connectivity index (χ3n) is 6.21. The molecule has 0 spiro atoms. The maximum atomic E-state index is 11.3. The predicted molar refractivity (Wildman–Crippen MR) is 124 cm³/mol. The molecule has 2 heterocycles. The number of amides is 1. The van der Waals surface area contributed by atoms with Crippen molar-refractivity contribution in [3.8, 4) is 0 Å². The van der Waals surface area contributed by atoms with E-state index in [1.54, 1.807) is 0 Å². The number of anilines is 1. The number of benzene rings is 1. The fraction of sp³-hybridized carbons (Fsp3) is 0.652. The summed E-state index contributed by atoms with van der Waals surface area (Å²) in [6.45, 7) is 12.1. The lowest BCUT2D eigenvalue weighted by Crippen LogP contribution is -2.51. The zero-order valence-electron chi connectivity index (χ0n) is 18.6. The van der Waals surface area contributed by atoms with Gasteiger partial charge in [0.2, 0.25) is 5.91 Å². The second-order valence-corrected chi connectivity index (χ2v) is 8.53. The van der Waals surface area contributed by atoms with Gasteiger partial charge in [0.15, 0.2) is 5.96 Å². The Morgan fingerprint density at radius 1 is 1.20 bits per heavy atom. The van der Waals surface area contributed by atoms with Crippen LogP contribution in [0.1, 0.15) is 33.1 Å². The normalized spacial score (nSPS) is 22.1. The Morgan fingerprint density at radius 2 is 1.93 bits per heavy atom. The predicted octanol–water partition coefficient (Wildman–Crippen LogP) is 1.75. The highest BCUT2D eigenvalue weighted by atomic mass is 16.1. The fourth-order valence-corrected chi connectivity index (χ4v) is 4.53. The second kappa shape index (κ2) is 11.2. The summed E-state index contributed by atoms with van der Waals surface area (Å²) in [7, 11) is 0. The average Bonchev–Trinajstić information content (AvgIpc) is 2.77. The van der Waals surface area contributed by atoms with E-state index in [0.717, 1.165) is 71.2 Å². The average molecular weight is 415 g/mol. The summed E-state index contributed by atoms with van der Waals surface area (Å²) in [6, 6.07) is 11.1. The van der Waals surface area contributed by atoms with Gasteiger partial charge in [-0.2, -0.15) is 0 Å². The molecule has 2 atom stereocenters. The van der Waals surface area contributed by atoms with Crippen molar-refractivity contribution < 1.29 is 4.79 Å². The second-order valence-electron chi connectivity index (χ2n) is 8.53. The van der Waals surface area contributed by atoms with Crippen molar-refractivity contribution in [2.24, 2.45) is 16.6 Å². The molecule has 2 aliphatic rings. The molecule has 30 heavy (non-hydrogen) atoms. The van der Waals surface area contributed by atoms with E-state index in [1.165, 1.54) is 5.69 Å². The highest BCUT2D eigenvalue weighted by Crippen LogP contribution is 2.20. The summed E-state index contributed by atoms with van der Waals surface area (Å²) in [5.74, 6) is 1.11. The number of hydrogen-bond donors (Lipinski definition) is 2. The number of guanidine groups is 1. The minimum absolute atomic E-state index is 0.202. The summed E-state index contributed by atoms with van der Waals surface area (Å²) in [5, 5.41) is 3.45. The van der Waals surface area contributed by atoms with Crippen LogP contribution in [0.25, 0.3) is 0 Å². The van der Waals surface area contributed by atoms with Gasteiger partial charge in [0, 0.05) is 64.0 Å². The lowest BCUT2D eigenvalue weighted by molar-refractivity contribution is -0.119. The van der Waals surface area contributed by atoms with E-state index in [-0.39, 0.29) is 5.91 Å². The van der Waals surface area contributed by atoms with Crippen LogP contribution < -0.4 is 16.0 Å². The van der Waals surface area contributed by atoms with E-state index in [4.69, 9.17) is 10.7 Å². The van der Waals surface area contributed by atoms with Crippen molar-refractivity contribution in [3.05, 3.63) is 30.3 Å². The Labute approximate surface area is 181 Å². The Kier molecular flexibility index (Phi) is 8.37. The van der Waals surface area contributed by atoms with Crippen molar-refractivity contribution >= 4 is 17.6 Å². The summed E-state index contributed by atoms with van der Waals surface area (Å²) < 4.78 is 0. The topological polar surface area (TPSA) is 77.2 Å². The molecule has 1 aromatic carbocycles. The number of para-hydroxylation sites is 1. The first kappa shape index (κ1) is 22.4. The van der Waals surface area contributed by atoms with Crippen molar-refractivity contribution in [2.75, 3.05) is 57.3 Å². The molecule has 0 saturated carbocycles. The van der Waals surface area contributed by atoms with Gasteiger partial charge in [-0.05, 0) is 44.7 Å². The molecule has 1 amide bonds. The number of likely N-dealkylation sites (tertiary alicyclic amines) is 1. The van der Waals surface area contributed by atoms with Gasteiger partial charge in [-0.3, -0.25) is 14.7 Å². The highest BCUT2D eigenvalue weighted by molar-refractivity contribution is 5.80. The number of piperidine rings is 1. The fourth-order valence-electron chi connectivity index (χ4n) is 4.53. The van der Waals surface area contributed by atoms with Crippen LogP contribution in [0.3, 0.4) is 0 Å². The number of rotatable bonds is 7. The Hall–Kier alpha value is -2.28. The van der Waals surface area contributed by atoms with Crippen molar-refractivity contribution in [1.82, 2.24) is 15.1 Å². The molecule has 2 saturated heterocycles. The number of piperazine rings is 1. The molecule has 2 unspecified atom stereocenters. The van der Waals surface area contributed by atoms with Crippen LogP contribution in [0.2, 0.25) is 0 Å². The molecule has 2 fully saturated rings. The van der Waals surface area contributed by atoms with E-state index in [1.807, 2.05) is 0 Å². The van der Waals surface area contributed by atoms with Gasteiger partial charge >= 0.3 is 0 Å². The number of carbonyl (C=O) groups is 1. The van der Waals surface area contributed by atoms with E-state index in [0.29, 0.717) is 18.4 Å². The van der Waals surface area contributed by atoms with Crippen LogP contribution in [-0.4, -0.2) is 80.1 Å². The number of aliphatic imine (C=N–C) groups is 1. The van der Waals surface area contributed by atoms with Crippen LogP contribution in [0, 0.1) is 5.92 Å². The lowest BCUT2D eigenvalue weighted by atomic mass is 9.95. The zero-order chi connectivity index (χ0) is 21.3. The zero-order valence-corrected chi connectivity index (χ0v) is 18.6. The van der Waals surface area contributed by atoms with Gasteiger partial charge in [0.25, 0.3) is 0 Å². The molecule has 166 valence electrons. The Balaban J connectivity index is 1.52. The summed E-state index contributed by atoms with van der Waals surface area (Å²) in [5.41, 5.74) is 6.73. The molecule has 0 radical (unpaired) electrons. The van der Waals surface area contributed by atoms with E-state index in [9.17, 15) is 4.79 Å². The van der Waals surface area contributed by atoms with Crippen LogP contribution in [0.15, 0.2) is 35.3 Å². The van der Waals surface area contributed by atoms with Crippen molar-refractivity contribution in [1.29, 1.82) is 0 Å². The number of carbonyl (C=O) groups excluding carboxylic acids is 1. The third kappa shape index (κ3) is 6.36. The molecule has 2 aliphatic heterocycles. The van der Waals surface area contributed by atoms with Gasteiger partial charge in [-0.25, -0.2) is 0 Å². The number of nitrogens with zero attached hydrogens (tertiary/aromatic N) is 4. The first-order valence-electron chi connectivity index (χ1n) is 11.4. The van der Waals surface area contributed by atoms with E-state index in [2.05, 4.69) is 64.2 Å². The maximum Gasteiger partial charge on any atom is 0.217 e. The van der Waals surface area contributed by atoms with Crippen molar-refractivity contribution in [3.63, 3.8) is 0 Å². The molecule has 7 nitrogen and oxygen atoms in total. The summed E-state index contributed by atoms with van der Waals surface area (Å²) in [6.07, 6.45) is 2.62. The summed E-state index contributed by atoms with van der Waals surface area (Å²) in [4.78, 5) is 23.6. The number of nitrogens with one attached hydrogen (secondary N) is 1. The van der Waals surface area contributed by atoms with Crippen LogP contribution in [0.5, 0.6) is 0 Å². The molecule has 3 N–H and O–H groups in total. The highest BCUT2D eigenvalue weighted by Gasteiger charge is 2.25. The van der Waals surface area contributed by atoms with Gasteiger partial charge in [-0.1, -0.05) is 18.2 Å². The Bertz CT molecular complexity index is 686. The monoisotopic (exact) mass is 414 g/mol. The first-order valence-corrected chi connectivity index (χ1v) is 11.4. The molecular weight excluding hydrogens is 376 g/mol. The molecule has 3 rings (SSSR count). The van der Waals surface area contributed by atoms with Crippen LogP contribution in [-0.2, 0) is 4.79 Å². The minimum atomic E-state index is -0.202. The first-order chi connectivity index (χ1) is 14.6. The third-order valence-corrected chi connectivity index (χ3v) is 6.21. The van der Waals surface area contributed by atoms with E-state index >= 15 is 0 Å². The molecule has 7 heteroatoms. The quantitative estimate of drug-likeness (QED) is 0.525. The summed E-state index contributed by atoms with van der Waals surface area (Å²) >= 11 is 0. The molecule has 1 aromatic rings. The molecule has 0 aromatic heterocycles. The van der Waals surface area contributed by atoms with Crippen LogP contribution in [0.4, 0.5) is 5.69 Å². The maximum absolute atomic E-state index is 11.3. The van der Waals surface area contributed by atoms with Gasteiger partial charge in [-0.15, -0.1) is 0 Å². The lowest BCUT2D eigenvalue weighted by Gasteiger charge is -2.39. The SMILES string of the molecule is CCNC(=NCC(C)N1CCN(c2ccccc2)CC1)N1CCCC(CC(N)=O)C1. The molecule has 0 aliphatic carbocycles. The van der Waals surface area contributed by atoms with Gasteiger partial charge in [0.05, 0.1) is 6.54 Å². The molecule has 0 bridgehead atoms. The number of hydrogen-bond acceptors (Lipinski definition) is 4. The Morgan fingerprint density at radius 3 is 2.60 bits per heavy atom. The number of primary amides is 1. The van der Waals surface area contributed by atoms with Crippen LogP contribution >= 0.6 is 0 Å².